The fourth-order valence-electron chi connectivity index (χ4n) is 4.85. The normalized spacial score (nSPS) is 16.0. The van der Waals surface area contributed by atoms with Gasteiger partial charge in [-0.25, -0.2) is 9.78 Å². The van der Waals surface area contributed by atoms with Gasteiger partial charge in [0.1, 0.15) is 30.6 Å². The molecule has 1 atom stereocenters. The first-order chi connectivity index (χ1) is 18.1. The molecule has 2 heterocycles. The van der Waals surface area contributed by atoms with Crippen LogP contribution in [-0.4, -0.2) is 31.7 Å². The number of carbonyl (C=O) groups excluding carboxylic acids is 1. The molecule has 2 aliphatic carbocycles. The van der Waals surface area contributed by atoms with E-state index in [-0.39, 0.29) is 12.1 Å². The van der Waals surface area contributed by atoms with Crippen LogP contribution >= 0.6 is 0 Å². The third-order valence-corrected chi connectivity index (χ3v) is 7.19. The summed E-state index contributed by atoms with van der Waals surface area (Å²) in [6, 6.07) is 16.2. The molecule has 1 amide bonds. The zero-order valence-corrected chi connectivity index (χ0v) is 20.4. The van der Waals surface area contributed by atoms with E-state index in [0.717, 1.165) is 54.3 Å². The van der Waals surface area contributed by atoms with Crippen molar-refractivity contribution in [1.29, 1.82) is 5.26 Å². The molecular weight excluding hydrogens is 468 g/mol. The Morgan fingerprint density at radius 2 is 1.86 bits per heavy atom. The van der Waals surface area contributed by atoms with Gasteiger partial charge < -0.3 is 14.0 Å². The number of hydrogen-bond acceptors (Lipinski definition) is 7. The molecular formula is C28H26N6O3. The van der Waals surface area contributed by atoms with Gasteiger partial charge in [-0.05, 0) is 80.8 Å². The zero-order chi connectivity index (χ0) is 25.4. The first kappa shape index (κ1) is 23.0. The highest BCUT2D eigenvalue weighted by atomic mass is 16.6. The molecule has 4 aromatic rings. The third kappa shape index (κ3) is 4.58. The van der Waals surface area contributed by atoms with Crippen molar-refractivity contribution in [1.82, 2.24) is 19.5 Å². The topological polar surface area (TPSA) is 115 Å². The fourth-order valence-corrected chi connectivity index (χ4v) is 4.85. The molecule has 1 unspecified atom stereocenters. The highest BCUT2D eigenvalue weighted by Crippen LogP contribution is 2.43. The Kier molecular flexibility index (Phi) is 5.93. The van der Waals surface area contributed by atoms with Crippen molar-refractivity contribution < 1.29 is 14.3 Å². The number of hydrogen-bond donors (Lipinski definition) is 1. The standard InChI is InChI=1S/C28H26N6O3/c1-17(18-5-6-18)36-28(35)33-20-9-7-19(8-10-20)26-24(14-29)23-13-22(37-27-31-15-30-16-32-27)11-12-25(23)34(26)21-3-2-4-21/h7-13,15-18,21H,2-6H2,1H3,(H,33,35). The summed E-state index contributed by atoms with van der Waals surface area (Å²) in [5.41, 5.74) is 4.00. The van der Waals surface area contributed by atoms with E-state index in [2.05, 4.69) is 30.9 Å². The van der Waals surface area contributed by atoms with E-state index in [1.807, 2.05) is 49.4 Å². The second kappa shape index (κ2) is 9.54. The summed E-state index contributed by atoms with van der Waals surface area (Å²) in [6.07, 6.45) is 7.75. The van der Waals surface area contributed by atoms with Gasteiger partial charge in [-0.2, -0.15) is 15.2 Å². The van der Waals surface area contributed by atoms with Gasteiger partial charge in [0, 0.05) is 17.1 Å². The maximum absolute atomic E-state index is 12.3. The highest BCUT2D eigenvalue weighted by molar-refractivity contribution is 5.96. The van der Waals surface area contributed by atoms with Crippen LogP contribution in [0.2, 0.25) is 0 Å². The molecule has 9 heteroatoms. The molecule has 2 aromatic heterocycles. The molecule has 0 bridgehead atoms. The van der Waals surface area contributed by atoms with Crippen LogP contribution in [0, 0.1) is 17.2 Å². The van der Waals surface area contributed by atoms with Crippen LogP contribution < -0.4 is 10.1 Å². The summed E-state index contributed by atoms with van der Waals surface area (Å²) < 4.78 is 13.6. The average Bonchev–Trinajstić information content (AvgIpc) is 3.68. The SMILES string of the molecule is CC(OC(=O)Nc1ccc(-c2c(C#N)c3cc(Oc4ncncn4)ccc3n2C2CCC2)cc1)C1CC1. The highest BCUT2D eigenvalue weighted by Gasteiger charge is 2.31. The summed E-state index contributed by atoms with van der Waals surface area (Å²) in [5, 5.41) is 13.9. The number of benzene rings is 2. The minimum atomic E-state index is -0.445. The number of nitrogens with zero attached hydrogens (tertiary/aromatic N) is 5. The van der Waals surface area contributed by atoms with Crippen LogP contribution in [0.4, 0.5) is 10.5 Å². The molecule has 2 saturated carbocycles. The lowest BCUT2D eigenvalue weighted by Gasteiger charge is -2.30. The molecule has 2 aliphatic rings. The molecule has 2 fully saturated rings. The number of carbonyl (C=O) groups is 1. The van der Waals surface area contributed by atoms with Crippen molar-refractivity contribution in [2.75, 3.05) is 5.32 Å². The molecule has 186 valence electrons. The summed E-state index contributed by atoms with van der Waals surface area (Å²) in [4.78, 5) is 24.1. The third-order valence-electron chi connectivity index (χ3n) is 7.19. The van der Waals surface area contributed by atoms with Crippen LogP contribution in [-0.2, 0) is 4.74 Å². The Morgan fingerprint density at radius 3 is 2.51 bits per heavy atom. The van der Waals surface area contributed by atoms with Crippen LogP contribution in [0.5, 0.6) is 11.8 Å². The Bertz CT molecular complexity index is 1480. The monoisotopic (exact) mass is 494 g/mol. The largest absolute Gasteiger partial charge is 0.446 e. The summed E-state index contributed by atoms with van der Waals surface area (Å²) in [5.74, 6) is 1.03. The van der Waals surface area contributed by atoms with Crippen LogP contribution in [0.15, 0.2) is 55.1 Å². The molecule has 9 nitrogen and oxygen atoms in total. The Labute approximate surface area is 214 Å². The van der Waals surface area contributed by atoms with Crippen molar-refractivity contribution in [2.24, 2.45) is 5.92 Å². The van der Waals surface area contributed by atoms with E-state index in [0.29, 0.717) is 29.0 Å². The average molecular weight is 495 g/mol. The van der Waals surface area contributed by atoms with E-state index in [9.17, 15) is 10.1 Å². The van der Waals surface area contributed by atoms with E-state index in [4.69, 9.17) is 9.47 Å². The Hall–Kier alpha value is -4.45. The minimum absolute atomic E-state index is 0.0744. The maximum atomic E-state index is 12.3. The smallest absolute Gasteiger partial charge is 0.411 e. The maximum Gasteiger partial charge on any atom is 0.411 e. The lowest BCUT2D eigenvalue weighted by molar-refractivity contribution is 0.108. The fraction of sp³-hybridized carbons (Fsp3) is 0.321. The van der Waals surface area contributed by atoms with Gasteiger partial charge in [0.2, 0.25) is 0 Å². The van der Waals surface area contributed by atoms with Crippen LogP contribution in [0.1, 0.15) is 50.6 Å². The van der Waals surface area contributed by atoms with Crippen molar-refractivity contribution in [2.45, 2.75) is 51.2 Å². The van der Waals surface area contributed by atoms with Gasteiger partial charge in [-0.15, -0.1) is 0 Å². The van der Waals surface area contributed by atoms with Gasteiger partial charge in [0.15, 0.2) is 0 Å². The zero-order valence-electron chi connectivity index (χ0n) is 20.4. The molecule has 37 heavy (non-hydrogen) atoms. The minimum Gasteiger partial charge on any atom is -0.446 e. The van der Waals surface area contributed by atoms with Gasteiger partial charge in [0.25, 0.3) is 0 Å². The van der Waals surface area contributed by atoms with Crippen LogP contribution in [0.25, 0.3) is 22.2 Å². The summed E-state index contributed by atoms with van der Waals surface area (Å²) >= 11 is 0. The number of amides is 1. The number of nitriles is 1. The van der Waals surface area contributed by atoms with Crippen molar-refractivity contribution in [3.8, 4) is 29.1 Å². The van der Waals surface area contributed by atoms with Crippen molar-refractivity contribution >= 4 is 22.7 Å². The first-order valence-electron chi connectivity index (χ1n) is 12.6. The molecule has 0 radical (unpaired) electrons. The Balaban J connectivity index is 1.33. The van der Waals surface area contributed by atoms with Crippen LogP contribution in [0.3, 0.4) is 0 Å². The van der Waals surface area contributed by atoms with Crippen molar-refractivity contribution in [3.05, 3.63) is 60.7 Å². The molecule has 6 rings (SSSR count). The quantitative estimate of drug-likeness (QED) is 0.324. The predicted molar refractivity (Wildman–Crippen MR) is 137 cm³/mol. The summed E-state index contributed by atoms with van der Waals surface area (Å²) in [6.45, 7) is 1.93. The van der Waals surface area contributed by atoms with E-state index >= 15 is 0 Å². The number of rotatable bonds is 7. The predicted octanol–water partition coefficient (Wildman–Crippen LogP) is 6.23. The Morgan fingerprint density at radius 1 is 1.11 bits per heavy atom. The van der Waals surface area contributed by atoms with Crippen molar-refractivity contribution in [3.63, 3.8) is 0 Å². The summed E-state index contributed by atoms with van der Waals surface area (Å²) in [7, 11) is 0. The van der Waals surface area contributed by atoms with Gasteiger partial charge in [-0.3, -0.25) is 5.32 Å². The number of fused-ring (bicyclic) bond motifs is 1. The second-order valence-corrected chi connectivity index (χ2v) is 9.64. The second-order valence-electron chi connectivity index (χ2n) is 9.64. The number of aromatic nitrogens is 4. The molecule has 2 aromatic carbocycles. The molecule has 0 saturated heterocycles. The molecule has 0 spiro atoms. The van der Waals surface area contributed by atoms with E-state index in [1.54, 1.807) is 0 Å². The first-order valence-corrected chi connectivity index (χ1v) is 12.6. The van der Waals surface area contributed by atoms with Gasteiger partial charge >= 0.3 is 12.1 Å². The lowest BCUT2D eigenvalue weighted by atomic mass is 9.92. The van der Waals surface area contributed by atoms with Gasteiger partial charge in [-0.1, -0.05) is 12.1 Å². The van der Waals surface area contributed by atoms with E-state index < -0.39 is 6.09 Å². The van der Waals surface area contributed by atoms with Gasteiger partial charge in [0.05, 0.1) is 16.8 Å². The number of nitrogens with one attached hydrogen (secondary N) is 1. The molecule has 0 aliphatic heterocycles. The lowest BCUT2D eigenvalue weighted by Crippen LogP contribution is -2.21. The number of ether oxygens (including phenoxy) is 2. The van der Waals surface area contributed by atoms with E-state index in [1.165, 1.54) is 12.7 Å². The molecule has 1 N–H and O–H groups in total. The number of anilines is 1.